The molecular weight excluding hydrogens is 370 g/mol. The van der Waals surface area contributed by atoms with E-state index in [0.717, 1.165) is 17.0 Å². The lowest BCUT2D eigenvalue weighted by Gasteiger charge is -2.05. The van der Waals surface area contributed by atoms with Gasteiger partial charge in [-0.25, -0.2) is 14.6 Å². The van der Waals surface area contributed by atoms with Crippen molar-refractivity contribution in [2.24, 2.45) is 0 Å². The fourth-order valence-corrected chi connectivity index (χ4v) is 3.77. The fourth-order valence-electron chi connectivity index (χ4n) is 2.64. The Morgan fingerprint density at radius 1 is 1.19 bits per heavy atom. The number of fused-ring (bicyclic) bond motifs is 1. The summed E-state index contributed by atoms with van der Waals surface area (Å²) in [6.07, 6.45) is 3.62. The number of nitrogens with one attached hydrogen (secondary N) is 1. The summed E-state index contributed by atoms with van der Waals surface area (Å²) in [5.41, 5.74) is 1.86. The van der Waals surface area contributed by atoms with Crippen LogP contribution in [0, 0.1) is 6.92 Å². The van der Waals surface area contributed by atoms with E-state index >= 15 is 0 Å². The maximum atomic E-state index is 12.5. The number of anilines is 1. The van der Waals surface area contributed by atoms with Crippen LogP contribution in [0.3, 0.4) is 0 Å². The zero-order valence-corrected chi connectivity index (χ0v) is 15.8. The van der Waals surface area contributed by atoms with Gasteiger partial charge in [0.2, 0.25) is 5.91 Å². The van der Waals surface area contributed by atoms with Crippen LogP contribution >= 0.6 is 11.3 Å². The minimum absolute atomic E-state index is 0.0206. The lowest BCUT2D eigenvalue weighted by atomic mass is 10.1. The maximum Gasteiger partial charge on any atom is 0.348 e. The van der Waals surface area contributed by atoms with E-state index in [9.17, 15) is 14.4 Å². The molecule has 0 atom stereocenters. The van der Waals surface area contributed by atoms with E-state index < -0.39 is 11.9 Å². The van der Waals surface area contributed by atoms with Crippen LogP contribution in [0.25, 0.3) is 5.65 Å². The van der Waals surface area contributed by atoms with Crippen molar-refractivity contribution in [3.05, 3.63) is 52.3 Å². The van der Waals surface area contributed by atoms with Gasteiger partial charge in [0.1, 0.15) is 15.5 Å². The van der Waals surface area contributed by atoms with Gasteiger partial charge in [-0.05, 0) is 24.6 Å². The Kier molecular flexibility index (Phi) is 5.22. The predicted molar refractivity (Wildman–Crippen MR) is 99.3 cm³/mol. The zero-order chi connectivity index (χ0) is 19.6. The first-order valence-corrected chi connectivity index (χ1v) is 8.78. The summed E-state index contributed by atoms with van der Waals surface area (Å²) >= 11 is 0.973. The predicted octanol–water partition coefficient (Wildman–Crippen LogP) is 2.46. The summed E-state index contributed by atoms with van der Waals surface area (Å²) in [5, 5.41) is 2.92. The molecule has 0 saturated carbocycles. The van der Waals surface area contributed by atoms with Crippen molar-refractivity contribution >= 4 is 39.8 Å². The van der Waals surface area contributed by atoms with Gasteiger partial charge in [-0.1, -0.05) is 6.07 Å². The standard InChI is InChI=1S/C18H17N3O5S/c1-10-14(17(23)25-2)16(27-15(10)18(24)26-3)20-13(22)8-11-9-21-7-5-4-6-12(21)19-11/h4-7,9H,8H2,1-3H3,(H,20,22). The van der Waals surface area contributed by atoms with Gasteiger partial charge in [-0.15, -0.1) is 11.3 Å². The Hall–Kier alpha value is -3.20. The van der Waals surface area contributed by atoms with Gasteiger partial charge in [0.25, 0.3) is 0 Å². The average Bonchev–Trinajstić information content (AvgIpc) is 3.20. The molecule has 0 saturated heterocycles. The molecule has 0 bridgehead atoms. The second kappa shape index (κ2) is 7.58. The second-order valence-electron chi connectivity index (χ2n) is 5.67. The van der Waals surface area contributed by atoms with Crippen LogP contribution in [0.4, 0.5) is 5.00 Å². The zero-order valence-electron chi connectivity index (χ0n) is 14.9. The van der Waals surface area contributed by atoms with E-state index in [0.29, 0.717) is 11.3 Å². The van der Waals surface area contributed by atoms with Gasteiger partial charge in [0.05, 0.1) is 31.9 Å². The molecule has 9 heteroatoms. The molecule has 0 spiro atoms. The number of esters is 2. The number of aromatic nitrogens is 2. The molecule has 0 aliphatic rings. The van der Waals surface area contributed by atoms with Crippen molar-refractivity contribution in [1.29, 1.82) is 0 Å². The molecule has 140 valence electrons. The normalized spacial score (nSPS) is 10.6. The summed E-state index contributed by atoms with van der Waals surface area (Å²) in [6.45, 7) is 1.60. The van der Waals surface area contributed by atoms with Crippen LogP contribution in [0.1, 0.15) is 31.3 Å². The number of amides is 1. The van der Waals surface area contributed by atoms with Crippen molar-refractivity contribution in [3.63, 3.8) is 0 Å². The molecule has 8 nitrogen and oxygen atoms in total. The number of hydrogen-bond donors (Lipinski definition) is 1. The van der Waals surface area contributed by atoms with E-state index in [-0.39, 0.29) is 27.8 Å². The maximum absolute atomic E-state index is 12.5. The Balaban J connectivity index is 1.86. The number of carbonyl (C=O) groups is 3. The number of hydrogen-bond acceptors (Lipinski definition) is 7. The molecule has 1 N–H and O–H groups in total. The fraction of sp³-hybridized carbons (Fsp3) is 0.222. The molecule has 0 fully saturated rings. The number of pyridine rings is 1. The highest BCUT2D eigenvalue weighted by atomic mass is 32.1. The third-order valence-corrected chi connectivity index (χ3v) is 5.10. The van der Waals surface area contributed by atoms with Gasteiger partial charge in [0.15, 0.2) is 0 Å². The van der Waals surface area contributed by atoms with Crippen LogP contribution in [-0.2, 0) is 20.7 Å². The molecule has 0 aromatic carbocycles. The van der Waals surface area contributed by atoms with Gasteiger partial charge in [0, 0.05) is 12.4 Å². The van der Waals surface area contributed by atoms with E-state index in [1.54, 1.807) is 13.1 Å². The first kappa shape index (κ1) is 18.6. The van der Waals surface area contributed by atoms with Crippen molar-refractivity contribution in [2.45, 2.75) is 13.3 Å². The molecular formula is C18H17N3O5S. The van der Waals surface area contributed by atoms with Crippen LogP contribution in [0.15, 0.2) is 30.6 Å². The van der Waals surface area contributed by atoms with Gasteiger partial charge < -0.3 is 19.2 Å². The number of imidazole rings is 1. The summed E-state index contributed by atoms with van der Waals surface area (Å²) in [5.74, 6) is -1.58. The molecule has 3 heterocycles. The quantitative estimate of drug-likeness (QED) is 0.675. The Bertz CT molecular complexity index is 1000. The average molecular weight is 387 g/mol. The van der Waals surface area contributed by atoms with Gasteiger partial charge in [-0.3, -0.25) is 4.79 Å². The molecule has 0 unspecified atom stereocenters. The SMILES string of the molecule is COC(=O)c1sc(NC(=O)Cc2cn3ccccc3n2)c(C(=O)OC)c1C. The highest BCUT2D eigenvalue weighted by Crippen LogP contribution is 2.34. The highest BCUT2D eigenvalue weighted by molar-refractivity contribution is 7.18. The number of nitrogens with zero attached hydrogens (tertiary/aromatic N) is 2. The van der Waals surface area contributed by atoms with E-state index in [4.69, 9.17) is 9.47 Å². The van der Waals surface area contributed by atoms with Gasteiger partial charge >= 0.3 is 11.9 Å². The first-order valence-electron chi connectivity index (χ1n) is 7.97. The second-order valence-corrected chi connectivity index (χ2v) is 6.69. The number of ether oxygens (including phenoxy) is 2. The monoisotopic (exact) mass is 387 g/mol. The van der Waals surface area contributed by atoms with Crippen LogP contribution in [0.5, 0.6) is 0 Å². The molecule has 0 aliphatic heterocycles. The van der Waals surface area contributed by atoms with Crippen molar-refractivity contribution in [1.82, 2.24) is 9.38 Å². The summed E-state index contributed by atoms with van der Waals surface area (Å²) < 4.78 is 11.3. The van der Waals surface area contributed by atoms with E-state index in [1.165, 1.54) is 14.2 Å². The number of carbonyl (C=O) groups excluding carboxylic acids is 3. The van der Waals surface area contributed by atoms with Crippen LogP contribution in [0.2, 0.25) is 0 Å². The third kappa shape index (κ3) is 3.68. The highest BCUT2D eigenvalue weighted by Gasteiger charge is 2.26. The largest absolute Gasteiger partial charge is 0.465 e. The number of thiophene rings is 1. The van der Waals surface area contributed by atoms with Gasteiger partial charge in [-0.2, -0.15) is 0 Å². The van der Waals surface area contributed by atoms with Crippen molar-refractivity contribution < 1.29 is 23.9 Å². The van der Waals surface area contributed by atoms with E-state index in [1.807, 2.05) is 28.8 Å². The minimum atomic E-state index is -0.637. The van der Waals surface area contributed by atoms with Crippen molar-refractivity contribution in [2.75, 3.05) is 19.5 Å². The summed E-state index contributed by atoms with van der Waals surface area (Å²) in [4.78, 5) is 41.1. The Labute approximate surface area is 158 Å². The van der Waals surface area contributed by atoms with E-state index in [2.05, 4.69) is 10.3 Å². The summed E-state index contributed by atoms with van der Waals surface area (Å²) in [6, 6.07) is 5.56. The molecule has 0 radical (unpaired) electrons. The number of methoxy groups -OCH3 is 2. The topological polar surface area (TPSA) is 99.0 Å². The molecule has 3 aromatic heterocycles. The smallest absolute Gasteiger partial charge is 0.348 e. The molecule has 0 aliphatic carbocycles. The van der Waals surface area contributed by atoms with Crippen LogP contribution in [-0.4, -0.2) is 41.5 Å². The first-order chi connectivity index (χ1) is 12.9. The van der Waals surface area contributed by atoms with Crippen LogP contribution < -0.4 is 5.32 Å². The molecule has 27 heavy (non-hydrogen) atoms. The minimum Gasteiger partial charge on any atom is -0.465 e. The lowest BCUT2D eigenvalue weighted by Crippen LogP contribution is -2.16. The lowest BCUT2D eigenvalue weighted by molar-refractivity contribution is -0.115. The number of rotatable bonds is 5. The molecule has 3 rings (SSSR count). The third-order valence-electron chi connectivity index (χ3n) is 3.92. The Morgan fingerprint density at radius 2 is 1.93 bits per heavy atom. The Morgan fingerprint density at radius 3 is 2.59 bits per heavy atom. The summed E-state index contributed by atoms with van der Waals surface area (Å²) in [7, 11) is 2.49. The van der Waals surface area contributed by atoms with Crippen molar-refractivity contribution in [3.8, 4) is 0 Å². The molecule has 1 amide bonds. The molecule has 3 aromatic rings.